The van der Waals surface area contributed by atoms with E-state index < -0.39 is 0 Å². The Morgan fingerprint density at radius 1 is 1.41 bits per heavy atom. The Balaban J connectivity index is 2.05. The number of furan rings is 1. The molecule has 0 bridgehead atoms. The minimum atomic E-state index is 0.00324. The van der Waals surface area contributed by atoms with Crippen LogP contribution < -0.4 is 10.5 Å². The van der Waals surface area contributed by atoms with Gasteiger partial charge < -0.3 is 14.9 Å². The van der Waals surface area contributed by atoms with Crippen molar-refractivity contribution in [1.29, 1.82) is 0 Å². The van der Waals surface area contributed by atoms with Gasteiger partial charge in [-0.2, -0.15) is 0 Å². The molecule has 2 aromatic rings. The highest BCUT2D eigenvalue weighted by Crippen LogP contribution is 2.27. The van der Waals surface area contributed by atoms with Gasteiger partial charge in [-0.05, 0) is 36.8 Å². The first-order valence-electron chi connectivity index (χ1n) is 5.37. The van der Waals surface area contributed by atoms with Crippen molar-refractivity contribution < 1.29 is 9.15 Å². The summed E-state index contributed by atoms with van der Waals surface area (Å²) in [6.07, 6.45) is 1.63. The third-order valence-corrected chi connectivity index (χ3v) is 3.11. The Morgan fingerprint density at radius 3 is 2.82 bits per heavy atom. The molecular formula is C13H14BrNO2. The lowest BCUT2D eigenvalue weighted by Gasteiger charge is -2.10. The fraction of sp³-hybridized carbons (Fsp3) is 0.231. The molecule has 17 heavy (non-hydrogen) atoms. The third-order valence-electron chi connectivity index (χ3n) is 2.42. The summed E-state index contributed by atoms with van der Waals surface area (Å²) in [5.41, 5.74) is 6.90. The summed E-state index contributed by atoms with van der Waals surface area (Å²) in [4.78, 5) is 0. The van der Waals surface area contributed by atoms with Gasteiger partial charge in [0, 0.05) is 10.5 Å². The number of hydrogen-bond acceptors (Lipinski definition) is 3. The Morgan fingerprint density at radius 2 is 2.24 bits per heavy atom. The highest BCUT2D eigenvalue weighted by atomic mass is 79.9. The second kappa shape index (κ2) is 5.38. The summed E-state index contributed by atoms with van der Waals surface area (Å²) in [5.74, 6) is 1.59. The van der Waals surface area contributed by atoms with Gasteiger partial charge in [-0.15, -0.1) is 0 Å². The zero-order valence-corrected chi connectivity index (χ0v) is 11.1. The highest BCUT2D eigenvalue weighted by Gasteiger charge is 2.06. The molecule has 0 radical (unpaired) electrons. The Hall–Kier alpha value is -1.26. The first-order valence-corrected chi connectivity index (χ1v) is 6.16. The van der Waals surface area contributed by atoms with Gasteiger partial charge in [-0.25, -0.2) is 0 Å². The van der Waals surface area contributed by atoms with Crippen LogP contribution in [0, 0.1) is 0 Å². The quantitative estimate of drug-likeness (QED) is 0.937. The van der Waals surface area contributed by atoms with E-state index in [0.717, 1.165) is 21.5 Å². The van der Waals surface area contributed by atoms with E-state index in [1.807, 2.05) is 37.3 Å². The Bertz CT molecular complexity index is 480. The van der Waals surface area contributed by atoms with Crippen molar-refractivity contribution in [3.8, 4) is 5.75 Å². The van der Waals surface area contributed by atoms with Gasteiger partial charge >= 0.3 is 0 Å². The largest absolute Gasteiger partial charge is 0.486 e. The number of rotatable bonds is 4. The zero-order valence-electron chi connectivity index (χ0n) is 9.52. The molecule has 1 aromatic carbocycles. The molecular weight excluding hydrogens is 282 g/mol. The lowest BCUT2D eigenvalue weighted by Crippen LogP contribution is -2.05. The maximum Gasteiger partial charge on any atom is 0.146 e. The molecule has 0 fully saturated rings. The minimum absolute atomic E-state index is 0.00324. The number of hydrogen-bond donors (Lipinski definition) is 1. The van der Waals surface area contributed by atoms with Crippen LogP contribution in [0.1, 0.15) is 24.3 Å². The predicted molar refractivity (Wildman–Crippen MR) is 69.8 cm³/mol. The summed E-state index contributed by atoms with van der Waals surface area (Å²) in [6, 6.07) is 9.52. The van der Waals surface area contributed by atoms with Gasteiger partial charge in [-0.1, -0.05) is 22.0 Å². The van der Waals surface area contributed by atoms with Gasteiger partial charge in [0.15, 0.2) is 0 Å². The van der Waals surface area contributed by atoms with E-state index in [9.17, 15) is 0 Å². The number of benzene rings is 1. The highest BCUT2D eigenvalue weighted by molar-refractivity contribution is 9.10. The fourth-order valence-corrected chi connectivity index (χ4v) is 2.23. The smallest absolute Gasteiger partial charge is 0.146 e. The SMILES string of the molecule is C[C@@H](N)c1ccc(OCc2ccco2)cc1Br. The molecule has 0 saturated heterocycles. The maximum atomic E-state index is 5.83. The lowest BCUT2D eigenvalue weighted by molar-refractivity contribution is 0.270. The third kappa shape index (κ3) is 3.11. The van der Waals surface area contributed by atoms with Crippen LogP contribution in [0.2, 0.25) is 0 Å². The van der Waals surface area contributed by atoms with Crippen LogP contribution in [0.3, 0.4) is 0 Å². The molecule has 0 saturated carbocycles. The Labute approximate surface area is 109 Å². The van der Waals surface area contributed by atoms with Gasteiger partial charge in [-0.3, -0.25) is 0 Å². The van der Waals surface area contributed by atoms with Crippen molar-refractivity contribution in [1.82, 2.24) is 0 Å². The molecule has 3 nitrogen and oxygen atoms in total. The molecule has 90 valence electrons. The van der Waals surface area contributed by atoms with E-state index in [-0.39, 0.29) is 6.04 Å². The summed E-state index contributed by atoms with van der Waals surface area (Å²) >= 11 is 3.48. The standard InChI is InChI=1S/C13H14BrNO2/c1-9(15)12-5-4-10(7-13(12)14)17-8-11-3-2-6-16-11/h2-7,9H,8,15H2,1H3/t9-/m1/s1. The fourth-order valence-electron chi connectivity index (χ4n) is 1.52. The normalized spacial score (nSPS) is 12.4. The molecule has 0 spiro atoms. The molecule has 4 heteroatoms. The van der Waals surface area contributed by atoms with E-state index in [4.69, 9.17) is 14.9 Å². The van der Waals surface area contributed by atoms with Gasteiger partial charge in [0.05, 0.1) is 6.26 Å². The zero-order chi connectivity index (χ0) is 12.3. The number of ether oxygens (including phenoxy) is 1. The van der Waals surface area contributed by atoms with Crippen molar-refractivity contribution in [2.24, 2.45) is 5.73 Å². The summed E-state index contributed by atoms with van der Waals surface area (Å²) in [6.45, 7) is 2.38. The van der Waals surface area contributed by atoms with E-state index in [1.165, 1.54) is 0 Å². The number of nitrogens with two attached hydrogens (primary N) is 1. The first kappa shape index (κ1) is 12.2. The molecule has 0 amide bonds. The van der Waals surface area contributed by atoms with Crippen molar-refractivity contribution in [3.05, 3.63) is 52.4 Å². The van der Waals surface area contributed by atoms with E-state index in [1.54, 1.807) is 6.26 Å². The second-order valence-corrected chi connectivity index (χ2v) is 4.69. The molecule has 0 aliphatic carbocycles. The van der Waals surface area contributed by atoms with Crippen LogP contribution in [-0.2, 0) is 6.61 Å². The molecule has 2 rings (SSSR count). The van der Waals surface area contributed by atoms with Gasteiger partial charge in [0.2, 0.25) is 0 Å². The van der Waals surface area contributed by atoms with Crippen LogP contribution in [0.5, 0.6) is 5.75 Å². The topological polar surface area (TPSA) is 48.4 Å². The van der Waals surface area contributed by atoms with Crippen molar-refractivity contribution in [3.63, 3.8) is 0 Å². The minimum Gasteiger partial charge on any atom is -0.486 e. The molecule has 0 unspecified atom stereocenters. The van der Waals surface area contributed by atoms with Crippen molar-refractivity contribution >= 4 is 15.9 Å². The molecule has 1 heterocycles. The average molecular weight is 296 g/mol. The van der Waals surface area contributed by atoms with Crippen LogP contribution >= 0.6 is 15.9 Å². The van der Waals surface area contributed by atoms with Gasteiger partial charge in [0.1, 0.15) is 18.1 Å². The lowest BCUT2D eigenvalue weighted by atomic mass is 10.1. The summed E-state index contributed by atoms with van der Waals surface area (Å²) in [5, 5.41) is 0. The van der Waals surface area contributed by atoms with E-state index in [0.29, 0.717) is 6.61 Å². The summed E-state index contributed by atoms with van der Waals surface area (Å²) in [7, 11) is 0. The molecule has 1 aromatic heterocycles. The van der Waals surface area contributed by atoms with Crippen molar-refractivity contribution in [2.45, 2.75) is 19.6 Å². The van der Waals surface area contributed by atoms with E-state index >= 15 is 0 Å². The molecule has 0 aliphatic rings. The van der Waals surface area contributed by atoms with Crippen molar-refractivity contribution in [2.75, 3.05) is 0 Å². The maximum absolute atomic E-state index is 5.83. The van der Waals surface area contributed by atoms with Crippen LogP contribution in [0.15, 0.2) is 45.5 Å². The Kier molecular flexibility index (Phi) is 3.86. The predicted octanol–water partition coefficient (Wildman–Crippen LogP) is 3.64. The van der Waals surface area contributed by atoms with Gasteiger partial charge in [0.25, 0.3) is 0 Å². The monoisotopic (exact) mass is 295 g/mol. The number of halogens is 1. The first-order chi connectivity index (χ1) is 8.16. The van der Waals surface area contributed by atoms with Crippen LogP contribution in [0.4, 0.5) is 0 Å². The van der Waals surface area contributed by atoms with E-state index in [2.05, 4.69) is 15.9 Å². The second-order valence-electron chi connectivity index (χ2n) is 3.84. The van der Waals surface area contributed by atoms with Crippen LogP contribution in [0.25, 0.3) is 0 Å². The van der Waals surface area contributed by atoms with Crippen LogP contribution in [-0.4, -0.2) is 0 Å². The average Bonchev–Trinajstić information content (AvgIpc) is 2.78. The molecule has 2 N–H and O–H groups in total. The molecule has 0 aliphatic heterocycles. The molecule has 1 atom stereocenters. The summed E-state index contributed by atoms with van der Waals surface area (Å²) < 4.78 is 11.8.